The quantitative estimate of drug-likeness (QED) is 0.0265. The molecule has 0 saturated carbocycles. The number of carbonyl (C=O) groups is 3. The Morgan fingerprint density at radius 1 is 0.298 bits per heavy atom. The van der Waals surface area contributed by atoms with Crippen LogP contribution in [0.15, 0.2) is 0 Å². The Bertz CT molecular complexity index is 808. The molecule has 0 spiro atoms. The van der Waals surface area contributed by atoms with Crippen molar-refractivity contribution in [3.8, 4) is 0 Å². The molecule has 338 valence electrons. The molecule has 0 N–H and O–H groups in total. The Hall–Kier alpha value is -1.39. The van der Waals surface area contributed by atoms with Crippen molar-refractivity contribution < 1.29 is 24.2 Å². The third-order valence-electron chi connectivity index (χ3n) is 12.3. The average molecular weight is 805 g/mol. The van der Waals surface area contributed by atoms with Gasteiger partial charge in [-0.3, -0.25) is 4.79 Å². The van der Waals surface area contributed by atoms with Crippen LogP contribution in [-0.4, -0.2) is 17.7 Å². The van der Waals surface area contributed by atoms with Crippen molar-refractivity contribution in [2.75, 3.05) is 0 Å². The molecule has 0 bridgehead atoms. The first kappa shape index (κ1) is 55.6. The molecule has 0 unspecified atom stereocenters. The van der Waals surface area contributed by atoms with Crippen molar-refractivity contribution in [2.45, 2.75) is 310 Å². The van der Waals surface area contributed by atoms with E-state index >= 15 is 0 Å². The van der Waals surface area contributed by atoms with Crippen LogP contribution in [0.1, 0.15) is 310 Å². The zero-order valence-corrected chi connectivity index (χ0v) is 38.9. The molecule has 57 heavy (non-hydrogen) atoms. The van der Waals surface area contributed by atoms with Crippen molar-refractivity contribution in [3.63, 3.8) is 0 Å². The summed E-state index contributed by atoms with van der Waals surface area (Å²) in [6.07, 6.45) is 55.6. The zero-order valence-electron chi connectivity index (χ0n) is 38.9. The van der Waals surface area contributed by atoms with E-state index in [1.165, 1.54) is 225 Å². The van der Waals surface area contributed by atoms with Crippen LogP contribution < -0.4 is 0 Å². The number of Topliss-reactive ketones (excluding diaryl/α,β-unsaturated/α-hetero) is 1. The summed E-state index contributed by atoms with van der Waals surface area (Å²) in [6, 6.07) is 0. The highest BCUT2D eigenvalue weighted by Crippen LogP contribution is 2.22. The molecule has 0 aromatic rings. The lowest BCUT2D eigenvalue weighted by molar-refractivity contribution is -0.260. The van der Waals surface area contributed by atoms with E-state index in [1.54, 1.807) is 0 Å². The summed E-state index contributed by atoms with van der Waals surface area (Å²) in [5.74, 6) is -2.35. The molecule has 0 heterocycles. The summed E-state index contributed by atoms with van der Waals surface area (Å²) >= 11 is 0. The van der Waals surface area contributed by atoms with Gasteiger partial charge in [0.25, 0.3) is 0 Å². The van der Waals surface area contributed by atoms with Gasteiger partial charge in [-0.15, -0.1) is 0 Å². The van der Waals surface area contributed by atoms with E-state index in [4.69, 9.17) is 9.78 Å². The minimum Gasteiger partial charge on any atom is -0.287 e. The van der Waals surface area contributed by atoms with Crippen LogP contribution in [-0.2, 0) is 24.2 Å². The van der Waals surface area contributed by atoms with E-state index in [0.29, 0.717) is 6.42 Å². The van der Waals surface area contributed by atoms with Gasteiger partial charge < -0.3 is 0 Å². The van der Waals surface area contributed by atoms with Crippen molar-refractivity contribution >= 4 is 17.7 Å². The smallest absolute Gasteiger partial charge is 0.287 e. The molecule has 0 atom stereocenters. The molecule has 0 aliphatic carbocycles. The highest BCUT2D eigenvalue weighted by atomic mass is 17.2. The molecule has 0 aromatic carbocycles. The molecule has 0 aliphatic heterocycles. The van der Waals surface area contributed by atoms with Gasteiger partial charge in [0.1, 0.15) is 0 Å². The number of hydrogen-bond donors (Lipinski definition) is 0. The van der Waals surface area contributed by atoms with Crippen LogP contribution in [0.25, 0.3) is 0 Å². The predicted octanol–water partition coefficient (Wildman–Crippen LogP) is 17.8. The van der Waals surface area contributed by atoms with E-state index < -0.39 is 17.7 Å². The second kappa shape index (κ2) is 47.3. The Morgan fingerprint density at radius 3 is 0.789 bits per heavy atom. The van der Waals surface area contributed by atoms with Gasteiger partial charge in [-0.25, -0.2) is 19.4 Å². The van der Waals surface area contributed by atoms with Gasteiger partial charge >= 0.3 is 11.9 Å². The van der Waals surface area contributed by atoms with Crippen molar-refractivity contribution in [2.24, 2.45) is 5.92 Å². The summed E-state index contributed by atoms with van der Waals surface area (Å²) in [7, 11) is 0. The molecular weight excluding hydrogens is 705 g/mol. The molecule has 5 heteroatoms. The maximum absolute atomic E-state index is 13.1. The number of unbranched alkanes of at least 4 members (excludes halogenated alkanes) is 39. The minimum absolute atomic E-state index is 0.163. The number of carbonyl (C=O) groups excluding carboxylic acids is 3. The van der Waals surface area contributed by atoms with Crippen LogP contribution in [0.4, 0.5) is 0 Å². The second-order valence-electron chi connectivity index (χ2n) is 18.0. The first-order chi connectivity index (χ1) is 28.1. The van der Waals surface area contributed by atoms with Gasteiger partial charge in [0, 0.05) is 6.42 Å². The number of hydrogen-bond acceptors (Lipinski definition) is 5. The Balaban J connectivity index is 4.28. The van der Waals surface area contributed by atoms with E-state index in [0.717, 1.165) is 51.4 Å². The van der Waals surface area contributed by atoms with E-state index in [-0.39, 0.29) is 12.3 Å². The highest BCUT2D eigenvalue weighted by molar-refractivity contribution is 6.33. The molecule has 0 fully saturated rings. The van der Waals surface area contributed by atoms with Gasteiger partial charge in [0.15, 0.2) is 0 Å². The lowest BCUT2D eigenvalue weighted by Crippen LogP contribution is -2.24. The van der Waals surface area contributed by atoms with Crippen LogP contribution in [0.5, 0.6) is 0 Å². The lowest BCUT2D eigenvalue weighted by Gasteiger charge is -2.14. The maximum atomic E-state index is 13.1. The molecule has 0 radical (unpaired) electrons. The van der Waals surface area contributed by atoms with Crippen LogP contribution in [0.2, 0.25) is 0 Å². The zero-order chi connectivity index (χ0) is 41.5. The van der Waals surface area contributed by atoms with Gasteiger partial charge in [0.2, 0.25) is 5.78 Å². The standard InChI is InChI=1S/C52H100O5/c1-4-7-10-13-16-19-22-25-28-31-34-37-40-43-46-49(47-44-41-38-35-32-29-26-23-20-17-14-11-8-5-2)51(54)56-57-52(55)50(53)48-45-42-39-36-33-30-27-24-21-18-15-12-9-6-3/h49H,4-48H2,1-3H3. The SMILES string of the molecule is CCCCCCCCCCCCCCCCC(=O)C(=O)OOC(=O)C(CCCCCCCCCCCCCCCC)CCCCCCCCCCCCCCCC. The first-order valence-corrected chi connectivity index (χ1v) is 26.0. The Kier molecular flexibility index (Phi) is 46.1. The second-order valence-corrected chi connectivity index (χ2v) is 18.0. The lowest BCUT2D eigenvalue weighted by atomic mass is 9.94. The Morgan fingerprint density at radius 2 is 0.526 bits per heavy atom. The minimum atomic E-state index is -1.02. The monoisotopic (exact) mass is 805 g/mol. The third-order valence-corrected chi connectivity index (χ3v) is 12.3. The third kappa shape index (κ3) is 42.5. The average Bonchev–Trinajstić information content (AvgIpc) is 3.22. The molecule has 0 aromatic heterocycles. The molecule has 0 aliphatic rings. The van der Waals surface area contributed by atoms with Crippen molar-refractivity contribution in [1.82, 2.24) is 0 Å². The number of rotatable bonds is 47. The molecular formula is C52H100O5. The fraction of sp³-hybridized carbons (Fsp3) is 0.942. The van der Waals surface area contributed by atoms with Gasteiger partial charge in [-0.05, 0) is 19.3 Å². The largest absolute Gasteiger partial charge is 0.421 e. The first-order valence-electron chi connectivity index (χ1n) is 26.0. The van der Waals surface area contributed by atoms with Crippen LogP contribution >= 0.6 is 0 Å². The summed E-state index contributed by atoms with van der Waals surface area (Å²) in [5.41, 5.74) is 0. The van der Waals surface area contributed by atoms with Gasteiger partial charge in [-0.2, -0.15) is 0 Å². The van der Waals surface area contributed by atoms with Crippen molar-refractivity contribution in [3.05, 3.63) is 0 Å². The molecule has 0 rings (SSSR count). The van der Waals surface area contributed by atoms with Gasteiger partial charge in [-0.1, -0.05) is 284 Å². The summed E-state index contributed by atoms with van der Waals surface area (Å²) in [6.45, 7) is 6.82. The highest BCUT2D eigenvalue weighted by Gasteiger charge is 2.24. The summed E-state index contributed by atoms with van der Waals surface area (Å²) in [5, 5.41) is 0. The van der Waals surface area contributed by atoms with E-state index in [2.05, 4.69) is 20.8 Å². The van der Waals surface area contributed by atoms with E-state index in [9.17, 15) is 14.4 Å². The van der Waals surface area contributed by atoms with Crippen LogP contribution in [0, 0.1) is 5.92 Å². The Labute approximate surface area is 356 Å². The summed E-state index contributed by atoms with van der Waals surface area (Å²) < 4.78 is 0. The topological polar surface area (TPSA) is 69.7 Å². The summed E-state index contributed by atoms with van der Waals surface area (Å²) in [4.78, 5) is 47.8. The molecule has 0 saturated heterocycles. The normalized spacial score (nSPS) is 11.4. The molecule has 5 nitrogen and oxygen atoms in total. The fourth-order valence-electron chi connectivity index (χ4n) is 8.33. The van der Waals surface area contributed by atoms with Crippen molar-refractivity contribution in [1.29, 1.82) is 0 Å². The fourth-order valence-corrected chi connectivity index (χ4v) is 8.33. The van der Waals surface area contributed by atoms with Crippen LogP contribution in [0.3, 0.4) is 0 Å². The van der Waals surface area contributed by atoms with Gasteiger partial charge in [0.05, 0.1) is 5.92 Å². The molecule has 0 amide bonds. The van der Waals surface area contributed by atoms with E-state index in [1.807, 2.05) is 0 Å². The maximum Gasteiger partial charge on any atom is 0.421 e. The number of ketones is 1. The predicted molar refractivity (Wildman–Crippen MR) is 245 cm³/mol.